The van der Waals surface area contributed by atoms with Gasteiger partial charge in [-0.1, -0.05) is 18.2 Å². The molecule has 2 amide bonds. The molecule has 0 saturated heterocycles. The third kappa shape index (κ3) is 5.45. The normalized spacial score (nSPS) is 20.5. The van der Waals surface area contributed by atoms with Gasteiger partial charge in [0.15, 0.2) is 0 Å². The van der Waals surface area contributed by atoms with Crippen LogP contribution in [0.15, 0.2) is 36.4 Å². The number of nitrogens with zero attached hydrogens (tertiary/aromatic N) is 1. The van der Waals surface area contributed by atoms with Crippen molar-refractivity contribution in [3.8, 4) is 0 Å². The van der Waals surface area contributed by atoms with Gasteiger partial charge < -0.3 is 21.7 Å². The zero-order valence-corrected chi connectivity index (χ0v) is 18.9. The molecule has 2 aromatic rings. The maximum Gasteiger partial charge on any atom is 0.417 e. The maximum absolute atomic E-state index is 13.5. The van der Waals surface area contributed by atoms with Crippen molar-refractivity contribution >= 4 is 23.2 Å². The van der Waals surface area contributed by atoms with E-state index in [4.69, 9.17) is 5.73 Å². The van der Waals surface area contributed by atoms with Crippen LogP contribution >= 0.6 is 0 Å². The molecule has 0 radical (unpaired) electrons. The van der Waals surface area contributed by atoms with Crippen molar-refractivity contribution in [1.29, 1.82) is 0 Å². The quantitative estimate of drug-likeness (QED) is 0.481. The van der Waals surface area contributed by atoms with Gasteiger partial charge in [0.05, 0.1) is 11.6 Å². The smallest absolute Gasteiger partial charge is 0.384 e. The van der Waals surface area contributed by atoms with Crippen molar-refractivity contribution in [2.24, 2.45) is 0 Å². The van der Waals surface area contributed by atoms with Gasteiger partial charge in [-0.3, -0.25) is 9.59 Å². The summed E-state index contributed by atoms with van der Waals surface area (Å²) in [6.45, 7) is 1.77. The second-order valence-corrected chi connectivity index (χ2v) is 8.66. The van der Waals surface area contributed by atoms with E-state index in [1.165, 1.54) is 13.0 Å². The van der Waals surface area contributed by atoms with Crippen LogP contribution in [0.5, 0.6) is 0 Å². The van der Waals surface area contributed by atoms with Crippen molar-refractivity contribution in [2.45, 2.75) is 50.5 Å². The predicted molar refractivity (Wildman–Crippen MR) is 121 cm³/mol. The number of aryl methyl sites for hydroxylation is 1. The molecule has 1 aromatic carbocycles. The topological polar surface area (TPSA) is 109 Å². The third-order valence-electron chi connectivity index (χ3n) is 6.19. The van der Waals surface area contributed by atoms with E-state index >= 15 is 0 Å². The Balaban J connectivity index is 1.43. The first-order valence-electron chi connectivity index (χ1n) is 11.2. The van der Waals surface area contributed by atoms with Crippen LogP contribution in [0.1, 0.15) is 48.2 Å². The van der Waals surface area contributed by atoms with Crippen molar-refractivity contribution in [3.63, 3.8) is 0 Å². The average Bonchev–Trinajstić information content (AvgIpc) is 3.20. The second kappa shape index (κ2) is 9.65. The summed E-state index contributed by atoms with van der Waals surface area (Å²) in [5.74, 6) is -1.53. The number of carbonyl (C=O) groups excluding carboxylic acids is 2. The zero-order valence-electron chi connectivity index (χ0n) is 18.9. The third-order valence-corrected chi connectivity index (χ3v) is 6.19. The van der Waals surface area contributed by atoms with Gasteiger partial charge in [-0.15, -0.1) is 0 Å². The highest BCUT2D eigenvalue weighted by molar-refractivity contribution is 5.92. The number of anilines is 1. The number of amides is 2. The van der Waals surface area contributed by atoms with Crippen LogP contribution in [0.25, 0.3) is 5.57 Å². The van der Waals surface area contributed by atoms with Crippen molar-refractivity contribution < 1.29 is 27.2 Å². The molecule has 2 heterocycles. The number of pyridine rings is 1. The fourth-order valence-corrected chi connectivity index (χ4v) is 4.43. The molecule has 4 rings (SSSR count). The summed E-state index contributed by atoms with van der Waals surface area (Å²) >= 11 is 0. The fraction of sp³-hybridized carbons (Fsp3) is 0.375. The summed E-state index contributed by atoms with van der Waals surface area (Å²) in [5.41, 5.74) is 6.44. The molecule has 1 aliphatic carbocycles. The van der Waals surface area contributed by atoms with Crippen molar-refractivity contribution in [2.75, 3.05) is 12.3 Å². The number of hydrogen-bond donors (Lipinski definition) is 4. The number of nitrogens with two attached hydrogens (primary N) is 1. The Morgan fingerprint density at radius 2 is 1.97 bits per heavy atom. The number of halogens is 4. The number of hydrogen-bond acceptors (Lipinski definition) is 5. The standard InChI is InChI=1S/C24H25F4N5O2/c1-12(22(34)33-19-6-5-18-16(19)4-7-21(29)32-18)31-23(35)20-10-13(8-9-30-20)15-3-2-14(25)11-17(15)24(26,27)28/h2-4,7,10-12,19-20,30H,5-6,8-9H2,1H3,(H2,29,32)(H,31,35)(H,33,34)/t12-,19+,20+/m0/s1. The Bertz CT molecular complexity index is 1180. The Kier molecular flexibility index (Phi) is 6.79. The molecule has 11 heteroatoms. The predicted octanol–water partition coefficient (Wildman–Crippen LogP) is 2.88. The molecule has 0 bridgehead atoms. The van der Waals surface area contributed by atoms with E-state index in [-0.39, 0.29) is 30.1 Å². The molecule has 1 aromatic heterocycles. The maximum atomic E-state index is 13.5. The molecule has 0 spiro atoms. The number of carbonyl (C=O) groups is 2. The first-order valence-corrected chi connectivity index (χ1v) is 11.2. The van der Waals surface area contributed by atoms with Crippen LogP contribution in [0.4, 0.5) is 23.4 Å². The molecule has 5 N–H and O–H groups in total. The number of nitrogens with one attached hydrogen (secondary N) is 3. The van der Waals surface area contributed by atoms with E-state index in [0.29, 0.717) is 24.7 Å². The van der Waals surface area contributed by atoms with Gasteiger partial charge in [-0.05, 0) is 61.1 Å². The van der Waals surface area contributed by atoms with Crippen LogP contribution in [0, 0.1) is 5.82 Å². The second-order valence-electron chi connectivity index (χ2n) is 8.66. The lowest BCUT2D eigenvalue weighted by atomic mass is 9.92. The summed E-state index contributed by atoms with van der Waals surface area (Å²) in [7, 11) is 0. The number of alkyl halides is 3. The van der Waals surface area contributed by atoms with Gasteiger partial charge in [-0.2, -0.15) is 13.2 Å². The Morgan fingerprint density at radius 3 is 2.71 bits per heavy atom. The molecule has 1 aliphatic heterocycles. The molecule has 0 unspecified atom stereocenters. The SMILES string of the molecule is C[C@H](NC(=O)[C@H]1C=C(c2ccc(F)cc2C(F)(F)F)CCN1)C(=O)N[C@@H]1CCc2nc(N)ccc21. The van der Waals surface area contributed by atoms with E-state index in [9.17, 15) is 27.2 Å². The van der Waals surface area contributed by atoms with Gasteiger partial charge >= 0.3 is 6.18 Å². The molecule has 3 atom stereocenters. The van der Waals surface area contributed by atoms with Gasteiger partial charge in [0.2, 0.25) is 11.8 Å². The lowest BCUT2D eigenvalue weighted by molar-refractivity contribution is -0.138. The van der Waals surface area contributed by atoms with Crippen LogP contribution < -0.4 is 21.7 Å². The number of rotatable bonds is 5. The monoisotopic (exact) mass is 491 g/mol. The fourth-order valence-electron chi connectivity index (χ4n) is 4.43. The lowest BCUT2D eigenvalue weighted by Crippen LogP contribution is -2.52. The largest absolute Gasteiger partial charge is 0.417 e. The summed E-state index contributed by atoms with van der Waals surface area (Å²) in [6, 6.07) is 3.89. The number of fused-ring (bicyclic) bond motifs is 1. The Morgan fingerprint density at radius 1 is 1.20 bits per heavy atom. The minimum Gasteiger partial charge on any atom is -0.384 e. The number of aromatic nitrogens is 1. The zero-order chi connectivity index (χ0) is 25.3. The van der Waals surface area contributed by atoms with Gasteiger partial charge in [-0.25, -0.2) is 9.37 Å². The molecule has 0 saturated carbocycles. The minimum absolute atomic E-state index is 0.168. The van der Waals surface area contributed by atoms with Crippen LogP contribution in [0.3, 0.4) is 0 Å². The first kappa shape index (κ1) is 24.6. The van der Waals surface area contributed by atoms with Crippen LogP contribution in [0.2, 0.25) is 0 Å². The van der Waals surface area contributed by atoms with E-state index in [2.05, 4.69) is 20.9 Å². The summed E-state index contributed by atoms with van der Waals surface area (Å²) in [6.07, 6.45) is -1.79. The molecule has 186 valence electrons. The van der Waals surface area contributed by atoms with Gasteiger partial charge in [0.1, 0.15) is 23.7 Å². The van der Waals surface area contributed by atoms with Crippen LogP contribution in [-0.4, -0.2) is 35.4 Å². The van der Waals surface area contributed by atoms with Gasteiger partial charge in [0.25, 0.3) is 0 Å². The van der Waals surface area contributed by atoms with Crippen molar-refractivity contribution in [1.82, 2.24) is 20.9 Å². The summed E-state index contributed by atoms with van der Waals surface area (Å²) in [5, 5.41) is 8.43. The minimum atomic E-state index is -4.74. The summed E-state index contributed by atoms with van der Waals surface area (Å²) < 4.78 is 53.8. The molecule has 0 fully saturated rings. The highest BCUT2D eigenvalue weighted by atomic mass is 19.4. The van der Waals surface area contributed by atoms with E-state index in [1.807, 2.05) is 6.07 Å². The van der Waals surface area contributed by atoms with Gasteiger partial charge in [0, 0.05) is 12.2 Å². The molecule has 35 heavy (non-hydrogen) atoms. The van der Waals surface area contributed by atoms with E-state index in [0.717, 1.165) is 23.4 Å². The molecular weight excluding hydrogens is 466 g/mol. The Labute approximate surface area is 199 Å². The number of benzene rings is 1. The van der Waals surface area contributed by atoms with E-state index < -0.39 is 41.5 Å². The number of nitrogen functional groups attached to an aromatic ring is 1. The van der Waals surface area contributed by atoms with Crippen LogP contribution in [-0.2, 0) is 22.2 Å². The molecule has 2 aliphatic rings. The lowest BCUT2D eigenvalue weighted by Gasteiger charge is -2.26. The summed E-state index contributed by atoms with van der Waals surface area (Å²) in [4.78, 5) is 29.8. The highest BCUT2D eigenvalue weighted by Crippen LogP contribution is 2.37. The average molecular weight is 491 g/mol. The first-order chi connectivity index (χ1) is 16.5. The highest BCUT2D eigenvalue weighted by Gasteiger charge is 2.35. The van der Waals surface area contributed by atoms with Crippen molar-refractivity contribution in [3.05, 3.63) is 64.6 Å². The molecule has 7 nitrogen and oxygen atoms in total. The molecular formula is C24H25F4N5O2. The Hall–Kier alpha value is -3.47. The van der Waals surface area contributed by atoms with E-state index in [1.54, 1.807) is 6.07 Å².